The van der Waals surface area contributed by atoms with E-state index in [0.29, 0.717) is 12.2 Å². The third-order valence-electron chi connectivity index (χ3n) is 3.81. The summed E-state index contributed by atoms with van der Waals surface area (Å²) in [5.41, 5.74) is 4.69. The van der Waals surface area contributed by atoms with Crippen LogP contribution in [0.3, 0.4) is 0 Å². The lowest BCUT2D eigenvalue weighted by Gasteiger charge is -2.06. The van der Waals surface area contributed by atoms with Crippen molar-refractivity contribution in [3.63, 3.8) is 0 Å². The highest BCUT2D eigenvalue weighted by atomic mass is 32.2. The molecule has 0 aliphatic carbocycles. The van der Waals surface area contributed by atoms with Crippen LogP contribution in [-0.2, 0) is 9.59 Å². The maximum Gasteiger partial charge on any atom is 0.234 e. The van der Waals surface area contributed by atoms with E-state index in [9.17, 15) is 9.59 Å². The molecule has 0 aliphatic heterocycles. The van der Waals surface area contributed by atoms with Gasteiger partial charge in [0.25, 0.3) is 0 Å². The number of carbonyl (C=O) groups is 2. The van der Waals surface area contributed by atoms with E-state index in [0.717, 1.165) is 37.1 Å². The summed E-state index contributed by atoms with van der Waals surface area (Å²) in [6.07, 6.45) is 0.442. The van der Waals surface area contributed by atoms with E-state index >= 15 is 0 Å². The fourth-order valence-electron chi connectivity index (χ4n) is 2.66. The van der Waals surface area contributed by atoms with Gasteiger partial charge in [-0.3, -0.25) is 9.59 Å². The average Bonchev–Trinajstić information content (AvgIpc) is 3.01. The molecule has 0 radical (unpaired) electrons. The Kier molecular flexibility index (Phi) is 6.13. The molecule has 140 valence electrons. The first-order valence-electron chi connectivity index (χ1n) is 8.64. The summed E-state index contributed by atoms with van der Waals surface area (Å²) in [5.74, 6) is 0.225. The van der Waals surface area contributed by atoms with Crippen LogP contribution in [0.2, 0.25) is 0 Å². The van der Waals surface area contributed by atoms with E-state index < -0.39 is 0 Å². The van der Waals surface area contributed by atoms with E-state index in [1.807, 2.05) is 51.1 Å². The zero-order chi connectivity index (χ0) is 19.4. The van der Waals surface area contributed by atoms with Crippen molar-refractivity contribution in [3.05, 3.63) is 47.5 Å². The summed E-state index contributed by atoms with van der Waals surface area (Å²) in [5, 5.41) is 5.78. The molecule has 0 saturated carbocycles. The number of thiazole rings is 1. The molecule has 2 aromatic carbocycles. The first-order chi connectivity index (χ1) is 12.9. The summed E-state index contributed by atoms with van der Waals surface area (Å²) < 4.78 is 1.82. The predicted molar refractivity (Wildman–Crippen MR) is 114 cm³/mol. The van der Waals surface area contributed by atoms with Gasteiger partial charge in [0.2, 0.25) is 11.8 Å². The summed E-state index contributed by atoms with van der Waals surface area (Å²) in [4.78, 5) is 28.3. The number of aromatic nitrogens is 1. The number of hydrogen-bond acceptors (Lipinski definition) is 5. The Bertz CT molecular complexity index is 978. The molecule has 2 amide bonds. The van der Waals surface area contributed by atoms with E-state index in [1.54, 1.807) is 0 Å². The number of carbonyl (C=O) groups excluding carboxylic acids is 2. The van der Waals surface area contributed by atoms with E-state index in [1.165, 1.54) is 23.1 Å². The number of rotatable bonds is 6. The maximum absolute atomic E-state index is 12.2. The molecule has 7 heteroatoms. The predicted octanol–water partition coefficient (Wildman–Crippen LogP) is 4.99. The standard InChI is InChI=1S/C20H21N3O2S2/c1-4-18(24)21-14-5-6-16-17(10-14)27-20(23-16)26-11-19(25)22-15-8-12(2)7-13(3)9-15/h5-10H,4,11H2,1-3H3,(H,21,24)(H,22,25). The summed E-state index contributed by atoms with van der Waals surface area (Å²) in [6, 6.07) is 11.6. The van der Waals surface area contributed by atoms with Gasteiger partial charge in [0.1, 0.15) is 0 Å². The van der Waals surface area contributed by atoms with Gasteiger partial charge >= 0.3 is 0 Å². The quantitative estimate of drug-likeness (QED) is 0.573. The van der Waals surface area contributed by atoms with Crippen LogP contribution < -0.4 is 10.6 Å². The van der Waals surface area contributed by atoms with Gasteiger partial charge in [-0.1, -0.05) is 24.8 Å². The number of anilines is 2. The molecule has 3 aromatic rings. The Morgan fingerprint density at radius 3 is 2.41 bits per heavy atom. The molecular formula is C20H21N3O2S2. The van der Waals surface area contributed by atoms with Gasteiger partial charge < -0.3 is 10.6 Å². The van der Waals surface area contributed by atoms with E-state index in [2.05, 4.69) is 21.7 Å². The van der Waals surface area contributed by atoms with Crippen LogP contribution in [0.1, 0.15) is 24.5 Å². The number of nitrogens with one attached hydrogen (secondary N) is 2. The molecule has 0 spiro atoms. The summed E-state index contributed by atoms with van der Waals surface area (Å²) in [6.45, 7) is 5.84. The molecule has 5 nitrogen and oxygen atoms in total. The summed E-state index contributed by atoms with van der Waals surface area (Å²) >= 11 is 2.93. The number of benzene rings is 2. The number of aryl methyl sites for hydroxylation is 2. The Morgan fingerprint density at radius 2 is 1.70 bits per heavy atom. The van der Waals surface area contributed by atoms with Gasteiger partial charge in [-0.2, -0.15) is 0 Å². The molecule has 27 heavy (non-hydrogen) atoms. The van der Waals surface area contributed by atoms with Crippen LogP contribution in [0.4, 0.5) is 11.4 Å². The Morgan fingerprint density at radius 1 is 1.00 bits per heavy atom. The fraction of sp³-hybridized carbons (Fsp3) is 0.250. The van der Waals surface area contributed by atoms with Gasteiger partial charge in [0, 0.05) is 17.8 Å². The SMILES string of the molecule is CCC(=O)Nc1ccc2nc(SCC(=O)Nc3cc(C)cc(C)c3)sc2c1. The molecule has 1 heterocycles. The molecular weight excluding hydrogens is 378 g/mol. The van der Waals surface area contributed by atoms with Crippen LogP contribution in [0, 0.1) is 13.8 Å². The van der Waals surface area contributed by atoms with Gasteiger partial charge in [-0.25, -0.2) is 4.98 Å². The lowest BCUT2D eigenvalue weighted by atomic mass is 10.1. The molecule has 0 saturated heterocycles. The van der Waals surface area contributed by atoms with Crippen molar-refractivity contribution in [1.82, 2.24) is 4.98 Å². The molecule has 0 fully saturated rings. The van der Waals surface area contributed by atoms with Crippen molar-refractivity contribution < 1.29 is 9.59 Å². The average molecular weight is 400 g/mol. The highest BCUT2D eigenvalue weighted by molar-refractivity contribution is 8.01. The molecule has 0 atom stereocenters. The second-order valence-corrected chi connectivity index (χ2v) is 8.53. The zero-order valence-corrected chi connectivity index (χ0v) is 17.1. The molecule has 3 rings (SSSR count). The van der Waals surface area contributed by atoms with Crippen molar-refractivity contribution in [3.8, 4) is 0 Å². The lowest BCUT2D eigenvalue weighted by Crippen LogP contribution is -2.14. The fourth-order valence-corrected chi connectivity index (χ4v) is 4.57. The smallest absolute Gasteiger partial charge is 0.234 e. The number of thioether (sulfide) groups is 1. The third-order valence-corrected chi connectivity index (χ3v) is 5.97. The monoisotopic (exact) mass is 399 g/mol. The van der Waals surface area contributed by atoms with Crippen LogP contribution >= 0.6 is 23.1 Å². The summed E-state index contributed by atoms with van der Waals surface area (Å²) in [7, 11) is 0. The minimum Gasteiger partial charge on any atom is -0.326 e. The molecule has 2 N–H and O–H groups in total. The highest BCUT2D eigenvalue weighted by Gasteiger charge is 2.10. The number of fused-ring (bicyclic) bond motifs is 1. The Labute approximate surface area is 166 Å². The number of hydrogen-bond donors (Lipinski definition) is 2. The van der Waals surface area contributed by atoms with Gasteiger partial charge in [0.15, 0.2) is 4.34 Å². The third kappa shape index (κ3) is 5.30. The van der Waals surface area contributed by atoms with Crippen molar-refractivity contribution in [2.45, 2.75) is 31.5 Å². The minimum atomic E-state index is -0.0554. The second-order valence-electron chi connectivity index (χ2n) is 6.28. The van der Waals surface area contributed by atoms with Crippen LogP contribution in [0.25, 0.3) is 10.2 Å². The van der Waals surface area contributed by atoms with Gasteiger partial charge in [-0.15, -0.1) is 11.3 Å². The Balaban J connectivity index is 1.62. The van der Waals surface area contributed by atoms with Gasteiger partial charge in [-0.05, 0) is 55.3 Å². The van der Waals surface area contributed by atoms with Gasteiger partial charge in [0.05, 0.1) is 16.0 Å². The first-order valence-corrected chi connectivity index (χ1v) is 10.4. The van der Waals surface area contributed by atoms with Crippen LogP contribution in [0.15, 0.2) is 40.7 Å². The first kappa shape index (κ1) is 19.4. The normalized spacial score (nSPS) is 10.8. The second kappa shape index (κ2) is 8.54. The van der Waals surface area contributed by atoms with Crippen LogP contribution in [0.5, 0.6) is 0 Å². The van der Waals surface area contributed by atoms with Crippen molar-refractivity contribution in [2.75, 3.05) is 16.4 Å². The van der Waals surface area contributed by atoms with Crippen molar-refractivity contribution in [2.24, 2.45) is 0 Å². The van der Waals surface area contributed by atoms with E-state index in [4.69, 9.17) is 0 Å². The minimum absolute atomic E-state index is 0.0171. The molecule has 0 unspecified atom stereocenters. The number of nitrogens with zero attached hydrogens (tertiary/aromatic N) is 1. The van der Waals surface area contributed by atoms with Crippen molar-refractivity contribution >= 4 is 56.5 Å². The lowest BCUT2D eigenvalue weighted by molar-refractivity contribution is -0.116. The Hall–Kier alpha value is -2.38. The van der Waals surface area contributed by atoms with Crippen LogP contribution in [-0.4, -0.2) is 22.6 Å². The highest BCUT2D eigenvalue weighted by Crippen LogP contribution is 2.31. The molecule has 0 bridgehead atoms. The number of amides is 2. The zero-order valence-electron chi connectivity index (χ0n) is 15.5. The maximum atomic E-state index is 12.2. The molecule has 0 aliphatic rings. The van der Waals surface area contributed by atoms with E-state index in [-0.39, 0.29) is 11.8 Å². The van der Waals surface area contributed by atoms with Crippen molar-refractivity contribution in [1.29, 1.82) is 0 Å². The topological polar surface area (TPSA) is 71.1 Å². The largest absolute Gasteiger partial charge is 0.326 e. The molecule has 1 aromatic heterocycles.